The van der Waals surface area contributed by atoms with Crippen LogP contribution < -0.4 is 15.4 Å². The fraction of sp³-hybridized carbons (Fsp3) is 0.273. The number of aromatic nitrogens is 1. The first kappa shape index (κ1) is 20.8. The lowest BCUT2D eigenvalue weighted by molar-refractivity contribution is 0.121. The van der Waals surface area contributed by atoms with Crippen LogP contribution in [0, 0.1) is 12.3 Å². The predicted molar refractivity (Wildman–Crippen MR) is 116 cm³/mol. The third-order valence-corrected chi connectivity index (χ3v) is 5.52. The van der Waals surface area contributed by atoms with E-state index in [1.165, 1.54) is 0 Å². The first-order chi connectivity index (χ1) is 13.9. The van der Waals surface area contributed by atoms with Gasteiger partial charge >= 0.3 is 6.03 Å². The van der Waals surface area contributed by atoms with Crippen molar-refractivity contribution in [2.24, 2.45) is 5.41 Å². The monoisotopic (exact) mass is 411 g/mol. The summed E-state index contributed by atoms with van der Waals surface area (Å²) in [5.41, 5.74) is 1.04. The SMILES string of the molecule is Cc1cc(NC(=O)N[C@H](c2cccs2)C(C)(C)CO)ccc1Oc1cccnc1. The molecule has 0 radical (unpaired) electrons. The fourth-order valence-corrected chi connectivity index (χ4v) is 3.86. The van der Waals surface area contributed by atoms with Gasteiger partial charge in [0.15, 0.2) is 0 Å². The third-order valence-electron chi connectivity index (χ3n) is 4.59. The number of benzene rings is 1. The van der Waals surface area contributed by atoms with Crippen molar-refractivity contribution >= 4 is 23.1 Å². The Labute approximate surface area is 174 Å². The average molecular weight is 412 g/mol. The van der Waals surface area contributed by atoms with Crippen molar-refractivity contribution in [1.82, 2.24) is 10.3 Å². The van der Waals surface area contributed by atoms with Crippen LogP contribution in [-0.4, -0.2) is 22.7 Å². The van der Waals surface area contributed by atoms with Gasteiger partial charge in [0.25, 0.3) is 0 Å². The maximum atomic E-state index is 12.6. The van der Waals surface area contributed by atoms with E-state index in [-0.39, 0.29) is 18.7 Å². The Morgan fingerprint density at radius 2 is 2.10 bits per heavy atom. The number of urea groups is 1. The van der Waals surface area contributed by atoms with Gasteiger partial charge in [-0.2, -0.15) is 0 Å². The normalized spacial score (nSPS) is 12.3. The maximum Gasteiger partial charge on any atom is 0.319 e. The molecule has 0 bridgehead atoms. The van der Waals surface area contributed by atoms with Crippen molar-refractivity contribution in [2.45, 2.75) is 26.8 Å². The summed E-state index contributed by atoms with van der Waals surface area (Å²) in [6, 6.07) is 12.4. The van der Waals surface area contributed by atoms with E-state index in [0.29, 0.717) is 17.2 Å². The smallest absolute Gasteiger partial charge is 0.319 e. The molecular weight excluding hydrogens is 386 g/mol. The van der Waals surface area contributed by atoms with Gasteiger partial charge in [-0.05, 0) is 54.3 Å². The highest BCUT2D eigenvalue weighted by Crippen LogP contribution is 2.35. The Kier molecular flexibility index (Phi) is 6.51. The summed E-state index contributed by atoms with van der Waals surface area (Å²) in [4.78, 5) is 17.7. The van der Waals surface area contributed by atoms with Crippen molar-refractivity contribution in [2.75, 3.05) is 11.9 Å². The lowest BCUT2D eigenvalue weighted by atomic mass is 9.84. The number of pyridine rings is 1. The fourth-order valence-electron chi connectivity index (χ4n) is 2.87. The van der Waals surface area contributed by atoms with Crippen LogP contribution in [0.15, 0.2) is 60.2 Å². The predicted octanol–water partition coefficient (Wildman–Crippen LogP) is 5.13. The molecule has 29 heavy (non-hydrogen) atoms. The highest BCUT2D eigenvalue weighted by Gasteiger charge is 2.32. The molecule has 1 aromatic carbocycles. The van der Waals surface area contributed by atoms with Gasteiger partial charge in [0.05, 0.1) is 18.8 Å². The topological polar surface area (TPSA) is 83.5 Å². The molecule has 152 valence electrons. The Morgan fingerprint density at radius 3 is 2.72 bits per heavy atom. The van der Waals surface area contributed by atoms with E-state index in [1.807, 2.05) is 62.5 Å². The van der Waals surface area contributed by atoms with Gasteiger partial charge in [-0.25, -0.2) is 4.79 Å². The van der Waals surface area contributed by atoms with Crippen molar-refractivity contribution in [3.63, 3.8) is 0 Å². The largest absolute Gasteiger partial charge is 0.455 e. The first-order valence-corrected chi connectivity index (χ1v) is 10.2. The van der Waals surface area contributed by atoms with E-state index in [4.69, 9.17) is 4.74 Å². The molecule has 0 spiro atoms. The number of nitrogens with zero attached hydrogens (tertiary/aromatic N) is 1. The number of hydrogen-bond donors (Lipinski definition) is 3. The molecule has 0 saturated heterocycles. The highest BCUT2D eigenvalue weighted by molar-refractivity contribution is 7.10. The van der Waals surface area contributed by atoms with E-state index in [2.05, 4.69) is 15.6 Å². The first-order valence-electron chi connectivity index (χ1n) is 9.29. The number of rotatable bonds is 7. The zero-order valence-corrected chi connectivity index (χ0v) is 17.5. The van der Waals surface area contributed by atoms with Crippen molar-refractivity contribution < 1.29 is 14.6 Å². The van der Waals surface area contributed by atoms with Gasteiger partial charge in [0, 0.05) is 22.2 Å². The van der Waals surface area contributed by atoms with Crippen molar-refractivity contribution in [3.8, 4) is 11.5 Å². The molecule has 2 aromatic heterocycles. The molecule has 2 heterocycles. The van der Waals surface area contributed by atoms with E-state index < -0.39 is 5.41 Å². The number of hydrogen-bond acceptors (Lipinski definition) is 5. The number of aliphatic hydroxyl groups excluding tert-OH is 1. The number of anilines is 1. The number of amides is 2. The molecule has 0 aliphatic carbocycles. The van der Waals surface area contributed by atoms with E-state index in [1.54, 1.807) is 29.8 Å². The van der Waals surface area contributed by atoms with Gasteiger partial charge in [-0.1, -0.05) is 19.9 Å². The third kappa shape index (κ3) is 5.34. The zero-order valence-electron chi connectivity index (χ0n) is 16.7. The number of thiophene rings is 1. The van der Waals surface area contributed by atoms with Gasteiger partial charge < -0.3 is 20.5 Å². The number of ether oxygens (including phenoxy) is 1. The van der Waals surface area contributed by atoms with E-state index in [0.717, 1.165) is 10.4 Å². The second-order valence-corrected chi connectivity index (χ2v) is 8.44. The van der Waals surface area contributed by atoms with Gasteiger partial charge in [-0.15, -0.1) is 11.3 Å². The van der Waals surface area contributed by atoms with E-state index in [9.17, 15) is 9.90 Å². The Hall–Kier alpha value is -2.90. The molecule has 0 unspecified atom stereocenters. The summed E-state index contributed by atoms with van der Waals surface area (Å²) in [7, 11) is 0. The number of carbonyl (C=O) groups excluding carboxylic acids is 1. The minimum atomic E-state index is -0.500. The highest BCUT2D eigenvalue weighted by atomic mass is 32.1. The van der Waals surface area contributed by atoms with Crippen LogP contribution in [0.5, 0.6) is 11.5 Å². The molecule has 1 atom stereocenters. The van der Waals surface area contributed by atoms with Crippen LogP contribution in [0.25, 0.3) is 0 Å². The molecule has 2 amide bonds. The van der Waals surface area contributed by atoms with Gasteiger partial charge in [0.2, 0.25) is 0 Å². The summed E-state index contributed by atoms with van der Waals surface area (Å²) >= 11 is 1.55. The summed E-state index contributed by atoms with van der Waals surface area (Å²) in [5, 5.41) is 17.6. The van der Waals surface area contributed by atoms with Crippen LogP contribution in [0.2, 0.25) is 0 Å². The number of nitrogens with one attached hydrogen (secondary N) is 2. The molecule has 0 aliphatic heterocycles. The number of aryl methyl sites for hydroxylation is 1. The molecule has 0 aliphatic rings. The molecule has 3 aromatic rings. The minimum absolute atomic E-state index is 0.0463. The van der Waals surface area contributed by atoms with Gasteiger partial charge in [0.1, 0.15) is 11.5 Å². The molecule has 0 fully saturated rings. The lowest BCUT2D eigenvalue weighted by Crippen LogP contribution is -2.41. The Morgan fingerprint density at radius 1 is 1.28 bits per heavy atom. The second kappa shape index (κ2) is 9.07. The van der Waals surface area contributed by atoms with Crippen LogP contribution >= 0.6 is 11.3 Å². The number of aliphatic hydroxyl groups is 1. The van der Waals surface area contributed by atoms with E-state index >= 15 is 0 Å². The summed E-state index contributed by atoms with van der Waals surface area (Å²) in [6.07, 6.45) is 3.33. The molecule has 6 nitrogen and oxygen atoms in total. The Balaban J connectivity index is 1.69. The van der Waals surface area contributed by atoms with Crippen LogP contribution in [0.4, 0.5) is 10.5 Å². The van der Waals surface area contributed by atoms with Crippen LogP contribution in [0.3, 0.4) is 0 Å². The molecule has 3 N–H and O–H groups in total. The average Bonchev–Trinajstić information content (AvgIpc) is 3.23. The summed E-state index contributed by atoms with van der Waals surface area (Å²) in [6.45, 7) is 5.71. The molecule has 0 saturated carbocycles. The van der Waals surface area contributed by atoms with Crippen LogP contribution in [-0.2, 0) is 0 Å². The maximum absolute atomic E-state index is 12.6. The quantitative estimate of drug-likeness (QED) is 0.503. The standard InChI is InChI=1S/C22H25N3O3S/c1-15-12-16(8-9-18(15)28-17-6-4-10-23-13-17)24-21(27)25-20(22(2,3)14-26)19-7-5-11-29-19/h4-13,20,26H,14H2,1-3H3,(H2,24,25,27)/t20-/m1/s1. The molecule has 7 heteroatoms. The summed E-state index contributed by atoms with van der Waals surface area (Å²) in [5.74, 6) is 1.35. The van der Waals surface area contributed by atoms with Crippen molar-refractivity contribution in [3.05, 3.63) is 70.7 Å². The molecular formula is C22H25N3O3S. The zero-order chi connectivity index (χ0) is 20.9. The lowest BCUT2D eigenvalue weighted by Gasteiger charge is -2.32. The molecule has 3 rings (SSSR count). The minimum Gasteiger partial charge on any atom is -0.455 e. The Bertz CT molecular complexity index is 943. The summed E-state index contributed by atoms with van der Waals surface area (Å²) < 4.78 is 5.82. The number of carbonyl (C=O) groups is 1. The van der Waals surface area contributed by atoms with Gasteiger partial charge in [-0.3, -0.25) is 4.98 Å². The van der Waals surface area contributed by atoms with Crippen LogP contribution in [0.1, 0.15) is 30.3 Å². The van der Waals surface area contributed by atoms with Crippen molar-refractivity contribution in [1.29, 1.82) is 0 Å². The second-order valence-electron chi connectivity index (χ2n) is 7.46.